The average Bonchev–Trinajstić information content (AvgIpc) is 2.93. The average molecular weight is 580 g/mol. The number of pyridine rings is 1. The van der Waals surface area contributed by atoms with Crippen LogP contribution >= 0.6 is 15.9 Å². The van der Waals surface area contributed by atoms with E-state index in [2.05, 4.69) is 43.0 Å². The van der Waals surface area contributed by atoms with Crippen molar-refractivity contribution in [2.45, 2.75) is 116 Å². The summed E-state index contributed by atoms with van der Waals surface area (Å²) in [5.74, 6) is 0.987. The topological polar surface area (TPSA) is 48.5 Å². The number of hydrogen-bond acceptors (Lipinski definition) is 4. The highest BCUT2D eigenvalue weighted by atomic mass is 79.9. The summed E-state index contributed by atoms with van der Waals surface area (Å²) in [5, 5.41) is 4.23. The van der Waals surface area contributed by atoms with Gasteiger partial charge in [-0.1, -0.05) is 113 Å². The summed E-state index contributed by atoms with van der Waals surface area (Å²) < 4.78 is 0. The van der Waals surface area contributed by atoms with Gasteiger partial charge in [-0.05, 0) is 37.9 Å². The standard InChI is InChI=1S/C31H55BrN4O/c1-2-23-35-24-26-36(27-25-35)30-20-19-29(28-34-30)31(37)33-22-18-16-14-12-10-8-6-4-3-5-7-9-11-13-15-17-21-32/h19-20,28H,2-18,21-27H2,1H3,(H,33,37). The van der Waals surface area contributed by atoms with E-state index in [1.165, 1.54) is 109 Å². The fourth-order valence-electron chi connectivity index (χ4n) is 5.22. The second kappa shape index (κ2) is 21.8. The van der Waals surface area contributed by atoms with Gasteiger partial charge in [0.05, 0.1) is 5.56 Å². The lowest BCUT2D eigenvalue weighted by atomic mass is 10.0. The fourth-order valence-corrected chi connectivity index (χ4v) is 5.62. The van der Waals surface area contributed by atoms with Crippen LogP contribution in [0.3, 0.4) is 0 Å². The number of amides is 1. The highest BCUT2D eigenvalue weighted by Gasteiger charge is 2.17. The lowest BCUT2D eigenvalue weighted by Crippen LogP contribution is -2.46. The van der Waals surface area contributed by atoms with E-state index in [1.54, 1.807) is 6.20 Å². The maximum Gasteiger partial charge on any atom is 0.252 e. The Hall–Kier alpha value is -1.14. The SMILES string of the molecule is CCCN1CCN(c2ccc(C(=O)NCCCCCCCCCCCCCCCCCCBr)cn2)CC1. The lowest BCUT2D eigenvalue weighted by Gasteiger charge is -2.35. The quantitative estimate of drug-likeness (QED) is 0.112. The second-order valence-electron chi connectivity index (χ2n) is 10.8. The molecule has 0 saturated carbocycles. The first-order chi connectivity index (χ1) is 18.2. The van der Waals surface area contributed by atoms with Gasteiger partial charge in [-0.15, -0.1) is 0 Å². The molecule has 6 heteroatoms. The van der Waals surface area contributed by atoms with Gasteiger partial charge >= 0.3 is 0 Å². The van der Waals surface area contributed by atoms with Crippen molar-refractivity contribution in [3.05, 3.63) is 23.9 Å². The molecule has 0 aromatic carbocycles. The molecule has 1 aliphatic rings. The van der Waals surface area contributed by atoms with E-state index in [9.17, 15) is 4.79 Å². The number of carbonyl (C=O) groups excluding carboxylic acids is 1. The number of piperazine rings is 1. The van der Waals surface area contributed by atoms with Crippen molar-refractivity contribution in [1.29, 1.82) is 0 Å². The summed E-state index contributed by atoms with van der Waals surface area (Å²) in [7, 11) is 0. The summed E-state index contributed by atoms with van der Waals surface area (Å²) in [5.41, 5.74) is 0.665. The molecule has 0 unspecified atom stereocenters. The molecule has 0 spiro atoms. The van der Waals surface area contributed by atoms with E-state index in [0.29, 0.717) is 5.56 Å². The Labute approximate surface area is 236 Å². The Morgan fingerprint density at radius 3 is 1.76 bits per heavy atom. The minimum atomic E-state index is 0.00136. The highest BCUT2D eigenvalue weighted by Crippen LogP contribution is 2.15. The van der Waals surface area contributed by atoms with Crippen LogP contribution in [0, 0.1) is 0 Å². The number of rotatable bonds is 22. The maximum atomic E-state index is 12.4. The monoisotopic (exact) mass is 578 g/mol. The van der Waals surface area contributed by atoms with Crippen LogP contribution in [0.4, 0.5) is 5.82 Å². The van der Waals surface area contributed by atoms with Crippen LogP contribution in [0.2, 0.25) is 0 Å². The Bertz CT molecular complexity index is 676. The van der Waals surface area contributed by atoms with Gasteiger partial charge in [-0.3, -0.25) is 9.69 Å². The number of anilines is 1. The van der Waals surface area contributed by atoms with Crippen molar-refractivity contribution < 1.29 is 4.79 Å². The molecule has 1 aromatic rings. The number of halogens is 1. The molecule has 0 atom stereocenters. The lowest BCUT2D eigenvalue weighted by molar-refractivity contribution is 0.0952. The van der Waals surface area contributed by atoms with Crippen molar-refractivity contribution in [3.8, 4) is 0 Å². The first-order valence-electron chi connectivity index (χ1n) is 15.5. The van der Waals surface area contributed by atoms with Gasteiger partial charge in [0, 0.05) is 44.3 Å². The number of aromatic nitrogens is 1. The molecule has 0 radical (unpaired) electrons. The van der Waals surface area contributed by atoms with Crippen molar-refractivity contribution in [1.82, 2.24) is 15.2 Å². The second-order valence-corrected chi connectivity index (χ2v) is 11.6. The Kier molecular flexibility index (Phi) is 18.9. The molecule has 1 amide bonds. The zero-order chi connectivity index (χ0) is 26.4. The molecule has 0 bridgehead atoms. The van der Waals surface area contributed by atoms with Gasteiger partial charge < -0.3 is 10.2 Å². The third-order valence-corrected chi connectivity index (χ3v) is 8.15. The van der Waals surface area contributed by atoms with Crippen molar-refractivity contribution in [2.24, 2.45) is 0 Å². The molecule has 37 heavy (non-hydrogen) atoms. The number of hydrogen-bond donors (Lipinski definition) is 1. The number of nitrogens with one attached hydrogen (secondary N) is 1. The number of nitrogens with zero attached hydrogens (tertiary/aromatic N) is 3. The highest BCUT2D eigenvalue weighted by molar-refractivity contribution is 9.09. The predicted octanol–water partition coefficient (Wildman–Crippen LogP) is 7.98. The van der Waals surface area contributed by atoms with Crippen LogP contribution in [-0.4, -0.2) is 60.4 Å². The molecule has 212 valence electrons. The molecule has 1 aromatic heterocycles. The molecule has 1 N–H and O–H groups in total. The molecule has 2 rings (SSSR count). The molecule has 1 aliphatic heterocycles. The number of carbonyl (C=O) groups is 1. The van der Waals surface area contributed by atoms with Gasteiger partial charge in [0.25, 0.3) is 5.91 Å². The van der Waals surface area contributed by atoms with Crippen LogP contribution < -0.4 is 10.2 Å². The largest absolute Gasteiger partial charge is 0.354 e. The molecular weight excluding hydrogens is 524 g/mol. The van der Waals surface area contributed by atoms with E-state index >= 15 is 0 Å². The molecule has 0 aliphatic carbocycles. The Balaban J connectivity index is 1.38. The number of unbranched alkanes of at least 4 members (excludes halogenated alkanes) is 15. The molecule has 1 saturated heterocycles. The van der Waals surface area contributed by atoms with Crippen LogP contribution in [-0.2, 0) is 0 Å². The minimum absolute atomic E-state index is 0.00136. The van der Waals surface area contributed by atoms with Gasteiger partial charge in [0.1, 0.15) is 5.82 Å². The van der Waals surface area contributed by atoms with Crippen molar-refractivity contribution in [3.63, 3.8) is 0 Å². The smallest absolute Gasteiger partial charge is 0.252 e. The van der Waals surface area contributed by atoms with Crippen LogP contribution in [0.5, 0.6) is 0 Å². The van der Waals surface area contributed by atoms with E-state index < -0.39 is 0 Å². The Morgan fingerprint density at radius 1 is 0.784 bits per heavy atom. The third kappa shape index (κ3) is 15.1. The maximum absolute atomic E-state index is 12.4. The molecule has 2 heterocycles. The van der Waals surface area contributed by atoms with E-state index in [-0.39, 0.29) is 5.91 Å². The van der Waals surface area contributed by atoms with Gasteiger partial charge in [0.2, 0.25) is 0 Å². The van der Waals surface area contributed by atoms with Crippen molar-refractivity contribution in [2.75, 3.05) is 49.5 Å². The minimum Gasteiger partial charge on any atom is -0.354 e. The van der Waals surface area contributed by atoms with E-state index in [0.717, 1.165) is 50.3 Å². The van der Waals surface area contributed by atoms with Crippen molar-refractivity contribution >= 4 is 27.7 Å². The summed E-state index contributed by atoms with van der Waals surface area (Å²) in [6.07, 6.45) is 24.7. The molecule has 5 nitrogen and oxygen atoms in total. The summed E-state index contributed by atoms with van der Waals surface area (Å²) in [4.78, 5) is 21.8. The van der Waals surface area contributed by atoms with Crippen LogP contribution in [0.15, 0.2) is 18.3 Å². The zero-order valence-corrected chi connectivity index (χ0v) is 25.4. The predicted molar refractivity (Wildman–Crippen MR) is 163 cm³/mol. The third-order valence-electron chi connectivity index (χ3n) is 7.59. The van der Waals surface area contributed by atoms with Gasteiger partial charge in [-0.25, -0.2) is 4.98 Å². The first kappa shape index (κ1) is 32.1. The summed E-state index contributed by atoms with van der Waals surface area (Å²) in [6, 6.07) is 3.92. The fraction of sp³-hybridized carbons (Fsp3) is 0.806. The van der Waals surface area contributed by atoms with E-state index in [1.807, 2.05) is 12.1 Å². The van der Waals surface area contributed by atoms with Crippen LogP contribution in [0.1, 0.15) is 126 Å². The summed E-state index contributed by atoms with van der Waals surface area (Å²) in [6.45, 7) is 8.38. The Morgan fingerprint density at radius 2 is 1.30 bits per heavy atom. The van der Waals surface area contributed by atoms with Crippen LogP contribution in [0.25, 0.3) is 0 Å². The van der Waals surface area contributed by atoms with Gasteiger partial charge in [0.15, 0.2) is 0 Å². The zero-order valence-electron chi connectivity index (χ0n) is 23.8. The number of alkyl halides is 1. The summed E-state index contributed by atoms with van der Waals surface area (Å²) >= 11 is 3.51. The molecule has 1 fully saturated rings. The van der Waals surface area contributed by atoms with E-state index in [4.69, 9.17) is 0 Å². The van der Waals surface area contributed by atoms with Gasteiger partial charge in [-0.2, -0.15) is 0 Å². The normalized spacial score (nSPS) is 14.3. The molecular formula is C31H55BrN4O. The first-order valence-corrected chi connectivity index (χ1v) is 16.6.